The number of nitrogens with zero attached hydrogens (tertiary/aromatic N) is 3. The molecule has 0 saturated heterocycles. The number of pyridine rings is 1. The van der Waals surface area contributed by atoms with E-state index in [1.165, 1.54) is 4.90 Å². The Hall–Kier alpha value is -2.64. The van der Waals surface area contributed by atoms with E-state index in [2.05, 4.69) is 15.5 Å². The van der Waals surface area contributed by atoms with Crippen LogP contribution in [0.3, 0.4) is 0 Å². The molecule has 0 aliphatic rings. The monoisotopic (exact) mass is 462 g/mol. The predicted octanol–water partition coefficient (Wildman–Crippen LogP) is 5.45. The van der Waals surface area contributed by atoms with Crippen LogP contribution in [-0.4, -0.2) is 39.9 Å². The second-order valence-electron chi connectivity index (χ2n) is 7.60. The Balaban J connectivity index is 1.90. The number of aryl methyl sites for hydroxylation is 1. The van der Waals surface area contributed by atoms with Gasteiger partial charge in [-0.2, -0.15) is 0 Å². The number of carbonyl (C=O) groups excluding carboxylic acids is 2. The Bertz CT molecular complexity index is 1130. The highest BCUT2D eigenvalue weighted by molar-refractivity contribution is 6.36. The highest BCUT2D eigenvalue weighted by Crippen LogP contribution is 2.27. The van der Waals surface area contributed by atoms with E-state index in [4.69, 9.17) is 27.7 Å². The van der Waals surface area contributed by atoms with Gasteiger partial charge in [0.2, 0.25) is 5.91 Å². The van der Waals surface area contributed by atoms with Crippen LogP contribution in [0.5, 0.6) is 0 Å². The van der Waals surface area contributed by atoms with Crippen LogP contribution in [0.4, 0.5) is 5.69 Å². The smallest absolute Gasteiger partial charge is 0.259 e. The fourth-order valence-corrected chi connectivity index (χ4v) is 3.68. The molecule has 2 amide bonds. The number of rotatable bonds is 7. The summed E-state index contributed by atoms with van der Waals surface area (Å²) in [5, 5.41) is 8.07. The van der Waals surface area contributed by atoms with E-state index in [0.717, 1.165) is 5.69 Å². The van der Waals surface area contributed by atoms with Gasteiger partial charge in [-0.3, -0.25) is 9.59 Å². The molecular weight excluding hydrogens is 439 g/mol. The van der Waals surface area contributed by atoms with Crippen LogP contribution in [0.15, 0.2) is 28.8 Å². The minimum atomic E-state index is -0.359. The van der Waals surface area contributed by atoms with Crippen LogP contribution >= 0.6 is 23.2 Å². The maximum Gasteiger partial charge on any atom is 0.259 e. The Kier molecular flexibility index (Phi) is 7.18. The summed E-state index contributed by atoms with van der Waals surface area (Å²) in [5.74, 6) is -0.543. The van der Waals surface area contributed by atoms with Gasteiger partial charge in [-0.05, 0) is 43.5 Å². The summed E-state index contributed by atoms with van der Waals surface area (Å²) in [4.78, 5) is 32.1. The van der Waals surface area contributed by atoms with Crippen molar-refractivity contribution in [1.82, 2.24) is 15.0 Å². The Morgan fingerprint density at radius 2 is 1.97 bits per heavy atom. The summed E-state index contributed by atoms with van der Waals surface area (Å²) in [6.07, 6.45) is 0.689. The summed E-state index contributed by atoms with van der Waals surface area (Å²) in [6, 6.07) is 6.56. The van der Waals surface area contributed by atoms with E-state index in [1.54, 1.807) is 31.2 Å². The zero-order chi connectivity index (χ0) is 22.7. The van der Waals surface area contributed by atoms with Crippen molar-refractivity contribution >= 4 is 51.8 Å². The molecule has 1 N–H and O–H groups in total. The third-order valence-corrected chi connectivity index (χ3v) is 5.33. The molecule has 0 aliphatic carbocycles. The molecule has 7 nitrogen and oxygen atoms in total. The lowest BCUT2D eigenvalue weighted by Crippen LogP contribution is -2.38. The van der Waals surface area contributed by atoms with Gasteiger partial charge in [-0.1, -0.05) is 49.1 Å². The molecule has 1 aromatic carbocycles. The summed E-state index contributed by atoms with van der Waals surface area (Å²) in [7, 11) is 0. The molecule has 9 heteroatoms. The van der Waals surface area contributed by atoms with E-state index in [1.807, 2.05) is 20.8 Å². The lowest BCUT2D eigenvalue weighted by molar-refractivity contribution is -0.116. The van der Waals surface area contributed by atoms with Crippen molar-refractivity contribution < 1.29 is 14.1 Å². The third kappa shape index (κ3) is 5.17. The van der Waals surface area contributed by atoms with E-state index in [-0.39, 0.29) is 24.3 Å². The number of amides is 2. The lowest BCUT2D eigenvalue weighted by atomic mass is 10.0. The number of carbonyl (C=O) groups is 2. The summed E-state index contributed by atoms with van der Waals surface area (Å²) in [5.41, 5.74) is 2.48. The van der Waals surface area contributed by atoms with Crippen molar-refractivity contribution in [2.45, 2.75) is 40.0 Å². The molecule has 0 spiro atoms. The van der Waals surface area contributed by atoms with Crippen molar-refractivity contribution in [3.63, 3.8) is 0 Å². The Morgan fingerprint density at radius 1 is 1.23 bits per heavy atom. The first-order chi connectivity index (χ1) is 14.7. The van der Waals surface area contributed by atoms with Crippen molar-refractivity contribution in [3.8, 4) is 0 Å². The highest BCUT2D eigenvalue weighted by atomic mass is 35.5. The van der Waals surface area contributed by atoms with Crippen LogP contribution in [-0.2, 0) is 4.79 Å². The van der Waals surface area contributed by atoms with E-state index in [0.29, 0.717) is 51.1 Å². The number of aromatic nitrogens is 2. The Morgan fingerprint density at radius 3 is 2.61 bits per heavy atom. The molecule has 3 aromatic rings. The Labute approximate surface area is 190 Å². The van der Waals surface area contributed by atoms with Gasteiger partial charge in [-0.15, -0.1) is 0 Å². The predicted molar refractivity (Wildman–Crippen MR) is 122 cm³/mol. The van der Waals surface area contributed by atoms with Gasteiger partial charge in [0, 0.05) is 17.3 Å². The number of anilines is 1. The number of benzene rings is 1. The van der Waals surface area contributed by atoms with Gasteiger partial charge in [0.15, 0.2) is 0 Å². The highest BCUT2D eigenvalue weighted by Gasteiger charge is 2.25. The van der Waals surface area contributed by atoms with Crippen LogP contribution < -0.4 is 5.32 Å². The topological polar surface area (TPSA) is 88.3 Å². The maximum atomic E-state index is 13.5. The van der Waals surface area contributed by atoms with E-state index < -0.39 is 0 Å². The SMILES string of the molecule is CCCN(CC(=O)Nc1ccc(Cl)cc1Cl)C(=O)c1cc(C(C)C)nc2onc(C)c12. The standard InChI is InChI=1S/C22H24Cl2N4O3/c1-5-8-28(11-19(29)25-17-7-6-14(23)9-16(17)24)22(30)15-10-18(12(2)3)26-21-20(15)13(4)27-31-21/h6-7,9-10,12H,5,8,11H2,1-4H3,(H,25,29). The summed E-state index contributed by atoms with van der Waals surface area (Å²) >= 11 is 12.0. The average molecular weight is 463 g/mol. The number of fused-ring (bicyclic) bond motifs is 1. The molecule has 2 heterocycles. The maximum absolute atomic E-state index is 13.5. The molecule has 3 rings (SSSR count). The lowest BCUT2D eigenvalue weighted by Gasteiger charge is -2.22. The van der Waals surface area contributed by atoms with Crippen molar-refractivity contribution in [3.05, 3.63) is 51.3 Å². The first kappa shape index (κ1) is 23.0. The molecule has 0 fully saturated rings. The molecule has 0 radical (unpaired) electrons. The number of hydrogen-bond donors (Lipinski definition) is 1. The van der Waals surface area contributed by atoms with Gasteiger partial charge in [0.25, 0.3) is 11.6 Å². The fraction of sp³-hybridized carbons (Fsp3) is 0.364. The first-order valence-corrected chi connectivity index (χ1v) is 10.8. The minimum absolute atomic E-state index is 0.0938. The molecule has 0 atom stereocenters. The average Bonchev–Trinajstić information content (AvgIpc) is 3.09. The van der Waals surface area contributed by atoms with Crippen LogP contribution in [0.1, 0.15) is 54.9 Å². The summed E-state index contributed by atoms with van der Waals surface area (Å²) < 4.78 is 5.32. The first-order valence-electron chi connectivity index (χ1n) is 10.0. The second kappa shape index (κ2) is 9.66. The molecule has 0 bridgehead atoms. The summed E-state index contributed by atoms with van der Waals surface area (Å²) in [6.45, 7) is 7.96. The van der Waals surface area contributed by atoms with Gasteiger partial charge >= 0.3 is 0 Å². The molecular formula is C22H24Cl2N4O3. The van der Waals surface area contributed by atoms with Crippen LogP contribution in [0.25, 0.3) is 11.1 Å². The van der Waals surface area contributed by atoms with Crippen molar-refractivity contribution in [2.75, 3.05) is 18.4 Å². The normalized spacial score (nSPS) is 11.2. The van der Waals surface area contributed by atoms with E-state index >= 15 is 0 Å². The van der Waals surface area contributed by atoms with Gasteiger partial charge in [0.1, 0.15) is 6.54 Å². The largest absolute Gasteiger partial charge is 0.336 e. The zero-order valence-corrected chi connectivity index (χ0v) is 19.3. The molecule has 0 saturated carbocycles. The van der Waals surface area contributed by atoms with Crippen LogP contribution in [0, 0.1) is 6.92 Å². The third-order valence-electron chi connectivity index (χ3n) is 4.78. The number of nitrogens with one attached hydrogen (secondary N) is 1. The molecule has 164 valence electrons. The minimum Gasteiger partial charge on any atom is -0.336 e. The van der Waals surface area contributed by atoms with Gasteiger partial charge in [0.05, 0.1) is 27.4 Å². The molecule has 2 aromatic heterocycles. The van der Waals surface area contributed by atoms with Crippen molar-refractivity contribution in [1.29, 1.82) is 0 Å². The molecule has 31 heavy (non-hydrogen) atoms. The second-order valence-corrected chi connectivity index (χ2v) is 8.44. The number of halogens is 2. The molecule has 0 unspecified atom stereocenters. The van der Waals surface area contributed by atoms with Crippen LogP contribution in [0.2, 0.25) is 10.0 Å². The quantitative estimate of drug-likeness (QED) is 0.503. The molecule has 0 aliphatic heterocycles. The fourth-order valence-electron chi connectivity index (χ4n) is 3.22. The van der Waals surface area contributed by atoms with Crippen molar-refractivity contribution in [2.24, 2.45) is 0 Å². The van der Waals surface area contributed by atoms with E-state index in [9.17, 15) is 9.59 Å². The zero-order valence-electron chi connectivity index (χ0n) is 17.8. The van der Waals surface area contributed by atoms with Gasteiger partial charge in [-0.25, -0.2) is 4.98 Å². The number of hydrogen-bond acceptors (Lipinski definition) is 5. The van der Waals surface area contributed by atoms with Gasteiger partial charge < -0.3 is 14.7 Å².